The number of methoxy groups -OCH3 is 1. The molecule has 0 saturated heterocycles. The van der Waals surface area contributed by atoms with Crippen LogP contribution in [0.2, 0.25) is 36.3 Å². The lowest BCUT2D eigenvalue weighted by molar-refractivity contribution is -0.170. The van der Waals surface area contributed by atoms with Gasteiger partial charge in [0.05, 0.1) is 31.8 Å². The first-order chi connectivity index (χ1) is 22.2. The van der Waals surface area contributed by atoms with Crippen molar-refractivity contribution >= 4 is 22.6 Å². The van der Waals surface area contributed by atoms with E-state index < -0.39 is 40.4 Å². The normalized spacial score (nSPS) is 18.7. The highest BCUT2D eigenvalue weighted by atomic mass is 28.4. The molecule has 9 heteroatoms. The SMILES string of the molecule is C=C[C@](C)(O)[C@@H](CC)OC(=O)[C@H](C)[C@@H](O[Si](C)(C)C(C)(C)C)[C@H](C)[C@@H](OCc1ccc(OC)cc1)[C@@H](C)C[C@@H](C)CO[Si](C)(C)C(C)(C)C. The number of benzene rings is 1. The van der Waals surface area contributed by atoms with Crippen molar-refractivity contribution in [2.45, 2.75) is 163 Å². The van der Waals surface area contributed by atoms with E-state index in [1.165, 1.54) is 6.08 Å². The van der Waals surface area contributed by atoms with Crippen LogP contribution in [-0.2, 0) is 29.7 Å². The van der Waals surface area contributed by atoms with Gasteiger partial charge in [-0.05, 0) is 92.5 Å². The highest BCUT2D eigenvalue weighted by Crippen LogP contribution is 2.42. The Kier molecular flexibility index (Phi) is 17.0. The third-order valence-electron chi connectivity index (χ3n) is 11.3. The smallest absolute Gasteiger partial charge is 0.311 e. The molecule has 0 amide bonds. The van der Waals surface area contributed by atoms with Gasteiger partial charge >= 0.3 is 5.97 Å². The third kappa shape index (κ3) is 13.2. The predicted molar refractivity (Wildman–Crippen MR) is 209 cm³/mol. The molecule has 1 N–H and O–H groups in total. The van der Waals surface area contributed by atoms with Crippen molar-refractivity contribution in [1.29, 1.82) is 0 Å². The van der Waals surface area contributed by atoms with Gasteiger partial charge in [-0.25, -0.2) is 0 Å². The minimum Gasteiger partial charge on any atom is -0.497 e. The molecule has 0 spiro atoms. The molecule has 0 unspecified atom stereocenters. The van der Waals surface area contributed by atoms with Gasteiger partial charge in [0.1, 0.15) is 17.5 Å². The van der Waals surface area contributed by atoms with E-state index in [4.69, 9.17) is 23.1 Å². The molecule has 0 fully saturated rings. The minimum atomic E-state index is -2.35. The molecule has 49 heavy (non-hydrogen) atoms. The van der Waals surface area contributed by atoms with Crippen LogP contribution in [0.3, 0.4) is 0 Å². The molecule has 284 valence electrons. The van der Waals surface area contributed by atoms with Crippen LogP contribution in [0.5, 0.6) is 5.75 Å². The summed E-state index contributed by atoms with van der Waals surface area (Å²) in [5.74, 6) is 0.119. The summed E-state index contributed by atoms with van der Waals surface area (Å²) in [5.41, 5.74) is -0.293. The number of carbonyl (C=O) groups excluding carboxylic acids is 1. The summed E-state index contributed by atoms with van der Waals surface area (Å²) in [4.78, 5) is 13.9. The van der Waals surface area contributed by atoms with Crippen molar-refractivity contribution in [2.24, 2.45) is 23.7 Å². The van der Waals surface area contributed by atoms with Crippen molar-refractivity contribution in [3.8, 4) is 5.75 Å². The van der Waals surface area contributed by atoms with Crippen molar-refractivity contribution < 1.29 is 33.0 Å². The fourth-order valence-electron chi connectivity index (χ4n) is 5.65. The molecule has 0 aliphatic carbocycles. The van der Waals surface area contributed by atoms with Crippen molar-refractivity contribution in [3.63, 3.8) is 0 Å². The third-order valence-corrected chi connectivity index (χ3v) is 20.3. The van der Waals surface area contributed by atoms with Crippen molar-refractivity contribution in [2.75, 3.05) is 13.7 Å². The molecule has 8 atom stereocenters. The Labute approximate surface area is 303 Å². The Bertz CT molecular complexity index is 1150. The topological polar surface area (TPSA) is 83.5 Å². The lowest BCUT2D eigenvalue weighted by Crippen LogP contribution is -2.52. The second-order valence-electron chi connectivity index (χ2n) is 17.8. The number of esters is 1. The second kappa shape index (κ2) is 18.3. The van der Waals surface area contributed by atoms with Gasteiger partial charge in [-0.1, -0.05) is 87.4 Å². The van der Waals surface area contributed by atoms with Gasteiger partial charge in [0.2, 0.25) is 0 Å². The van der Waals surface area contributed by atoms with Gasteiger partial charge < -0.3 is 28.2 Å². The Balaban J connectivity index is 3.54. The molecular formula is C40H74O7Si2. The van der Waals surface area contributed by atoms with E-state index in [9.17, 15) is 9.90 Å². The number of hydrogen-bond acceptors (Lipinski definition) is 7. The molecule has 7 nitrogen and oxygen atoms in total. The van der Waals surface area contributed by atoms with Crippen LogP contribution in [0.1, 0.15) is 101 Å². The Hall–Kier alpha value is -1.50. The molecule has 0 bridgehead atoms. The number of carbonyl (C=O) groups is 1. The quantitative estimate of drug-likeness (QED) is 0.0815. The minimum absolute atomic E-state index is 0.0757. The first-order valence-electron chi connectivity index (χ1n) is 18.4. The van der Waals surface area contributed by atoms with Gasteiger partial charge in [0, 0.05) is 12.5 Å². The lowest BCUT2D eigenvalue weighted by Gasteiger charge is -2.45. The number of hydrogen-bond donors (Lipinski definition) is 1. The zero-order valence-corrected chi connectivity index (χ0v) is 36.4. The summed E-state index contributed by atoms with van der Waals surface area (Å²) in [5, 5.41) is 11.0. The molecule has 0 aliphatic rings. The summed E-state index contributed by atoms with van der Waals surface area (Å²) in [6.45, 7) is 39.5. The largest absolute Gasteiger partial charge is 0.497 e. The maximum atomic E-state index is 13.9. The van der Waals surface area contributed by atoms with Gasteiger partial charge in [-0.3, -0.25) is 4.79 Å². The summed E-state index contributed by atoms with van der Waals surface area (Å²) in [6.07, 6.45) is 1.39. The molecular weight excluding hydrogens is 649 g/mol. The van der Waals surface area contributed by atoms with Crippen LogP contribution in [0.25, 0.3) is 0 Å². The average Bonchev–Trinajstić information content (AvgIpc) is 3.00. The van der Waals surface area contributed by atoms with E-state index in [-0.39, 0.29) is 34.0 Å². The van der Waals surface area contributed by atoms with Gasteiger partial charge in [-0.2, -0.15) is 0 Å². The van der Waals surface area contributed by atoms with Crippen LogP contribution in [0, 0.1) is 23.7 Å². The van der Waals surface area contributed by atoms with Crippen molar-refractivity contribution in [1.82, 2.24) is 0 Å². The monoisotopic (exact) mass is 722 g/mol. The predicted octanol–water partition coefficient (Wildman–Crippen LogP) is 10.2. The molecule has 1 aromatic rings. The zero-order chi connectivity index (χ0) is 38.2. The molecule has 0 saturated carbocycles. The van der Waals surface area contributed by atoms with E-state index in [2.05, 4.69) is 95.1 Å². The fourth-order valence-corrected chi connectivity index (χ4v) is 8.24. The van der Waals surface area contributed by atoms with E-state index in [1.807, 2.05) is 38.1 Å². The number of rotatable bonds is 20. The van der Waals surface area contributed by atoms with Crippen LogP contribution < -0.4 is 4.74 Å². The number of aliphatic hydroxyl groups is 1. The van der Waals surface area contributed by atoms with Crippen LogP contribution in [0.4, 0.5) is 0 Å². The Morgan fingerprint density at radius 2 is 1.43 bits per heavy atom. The Morgan fingerprint density at radius 1 is 0.898 bits per heavy atom. The van der Waals surface area contributed by atoms with Gasteiger partial charge in [-0.15, -0.1) is 6.58 Å². The fraction of sp³-hybridized carbons (Fsp3) is 0.775. The molecule has 0 aliphatic heterocycles. The van der Waals surface area contributed by atoms with Gasteiger partial charge in [0.25, 0.3) is 0 Å². The number of ether oxygens (including phenoxy) is 3. The molecule has 1 rings (SSSR count). The zero-order valence-electron chi connectivity index (χ0n) is 34.4. The van der Waals surface area contributed by atoms with Crippen LogP contribution in [-0.4, -0.2) is 65.3 Å². The highest BCUT2D eigenvalue weighted by molar-refractivity contribution is 6.74. The summed E-state index contributed by atoms with van der Waals surface area (Å²) < 4.78 is 32.0. The van der Waals surface area contributed by atoms with E-state index in [0.29, 0.717) is 25.6 Å². The van der Waals surface area contributed by atoms with Crippen molar-refractivity contribution in [3.05, 3.63) is 42.5 Å². The molecule has 0 heterocycles. The summed E-state index contributed by atoms with van der Waals surface area (Å²) in [7, 11) is -2.58. The molecule has 0 radical (unpaired) electrons. The van der Waals surface area contributed by atoms with E-state index in [1.54, 1.807) is 14.0 Å². The van der Waals surface area contributed by atoms with Gasteiger partial charge in [0.15, 0.2) is 16.6 Å². The standard InChI is InChI=1S/C40H74O7Si2/c1-19-34(40(13,42)20-2)46-37(41)31(6)36(47-49(17,18)39(10,11)12)30(5)35(44-27-32-21-23-33(43-14)24-22-32)29(4)25-28(3)26-45-48(15,16)38(7,8)9/h20-24,28-31,34-36,42H,2,19,25-27H2,1,3-18H3/t28-,29+,30-,31-,34-,35+,36+,40+/m1/s1. The van der Waals surface area contributed by atoms with Crippen LogP contribution in [0.15, 0.2) is 36.9 Å². The first-order valence-corrected chi connectivity index (χ1v) is 24.2. The molecule has 1 aromatic carbocycles. The maximum absolute atomic E-state index is 13.9. The lowest BCUT2D eigenvalue weighted by atomic mass is 9.81. The second-order valence-corrected chi connectivity index (χ2v) is 27.3. The maximum Gasteiger partial charge on any atom is 0.311 e. The van der Waals surface area contributed by atoms with E-state index >= 15 is 0 Å². The summed E-state index contributed by atoms with van der Waals surface area (Å²) in [6, 6.07) is 7.96. The average molecular weight is 723 g/mol. The van der Waals surface area contributed by atoms with E-state index in [0.717, 1.165) is 17.7 Å². The first kappa shape index (κ1) is 45.5. The Morgan fingerprint density at radius 3 is 1.88 bits per heavy atom. The highest BCUT2D eigenvalue weighted by Gasteiger charge is 2.46. The summed E-state index contributed by atoms with van der Waals surface area (Å²) >= 11 is 0. The van der Waals surface area contributed by atoms with Crippen LogP contribution >= 0.6 is 0 Å². The molecule has 0 aromatic heterocycles.